The average molecular weight is 894 g/mol. The van der Waals surface area contributed by atoms with Crippen molar-refractivity contribution in [3.05, 3.63) is 94.6 Å². The molecular weight excluding hydrogens is 818 g/mol. The van der Waals surface area contributed by atoms with Gasteiger partial charge in [0.05, 0.1) is 90.4 Å². The van der Waals surface area contributed by atoms with Crippen molar-refractivity contribution in [3.8, 4) is 22.3 Å². The maximum atomic E-state index is 2.54. The van der Waals surface area contributed by atoms with E-state index in [1.54, 1.807) is 32.6 Å². The standard InChI is InChI=1S/C51H75B19/c1-18-19(2)27(10)38-35(23(18)6)24(7)20(3)28(11)39(38)40-29(12)21(4)25(8)36-34(17)43-37(33(16)42(36)40)26(9)22(5)30(13)41(43)44-45-46(47(52)48(63-53)51(44)65(55)56)50(67(69(60)61)70(62)64-54)32(15)31(14)49(45)66(57)68(58)59/h63-64H,52-62H2,1-17H3. The molecule has 0 aliphatic carbocycles. The fourth-order valence-corrected chi connectivity index (χ4v) is 14.7. The summed E-state index contributed by atoms with van der Waals surface area (Å²) in [5.74, 6) is 0. The van der Waals surface area contributed by atoms with Crippen LogP contribution >= 0.6 is 0 Å². The van der Waals surface area contributed by atoms with Crippen molar-refractivity contribution in [2.24, 2.45) is 0 Å². The van der Waals surface area contributed by atoms with Crippen LogP contribution in [-0.4, -0.2) is 138 Å². The summed E-state index contributed by atoms with van der Waals surface area (Å²) in [6.45, 7) is 42.5. The largest absolute Gasteiger partial charge is 0.139 e. The molecule has 0 amide bonds. The molecule has 0 aromatic heterocycles. The van der Waals surface area contributed by atoms with Crippen LogP contribution in [0.15, 0.2) is 0 Å². The van der Waals surface area contributed by atoms with Gasteiger partial charge in [0.1, 0.15) is 21.5 Å². The molecule has 7 rings (SSSR count). The molecule has 0 saturated heterocycles. The number of aryl methyl sites for hydroxylation is 7. The van der Waals surface area contributed by atoms with Gasteiger partial charge in [-0.2, -0.15) is 0 Å². The molecule has 7 aromatic carbocycles. The van der Waals surface area contributed by atoms with Crippen molar-refractivity contribution >= 4 is 208 Å². The Bertz CT molecular complexity index is 3400. The van der Waals surface area contributed by atoms with Crippen molar-refractivity contribution in [1.82, 2.24) is 0 Å². The molecule has 0 aliphatic heterocycles. The van der Waals surface area contributed by atoms with Crippen LogP contribution in [0.3, 0.4) is 0 Å². The first-order valence-electron chi connectivity index (χ1n) is 27.7. The minimum atomic E-state index is 0.340. The molecule has 0 fully saturated rings. The Hall–Kier alpha value is -3.19. The Morgan fingerprint density at radius 1 is 0.314 bits per heavy atom. The van der Waals surface area contributed by atoms with Crippen LogP contribution in [0, 0.1) is 118 Å². The third kappa shape index (κ3) is 7.73. The Balaban J connectivity index is 1.90. The second-order valence-electron chi connectivity index (χ2n) is 24.2. The first-order valence-corrected chi connectivity index (χ1v) is 27.7. The van der Waals surface area contributed by atoms with Gasteiger partial charge in [0.25, 0.3) is 0 Å². The van der Waals surface area contributed by atoms with Gasteiger partial charge in [-0.3, -0.25) is 0 Å². The molecular formula is C51H75B19. The highest BCUT2D eigenvalue weighted by molar-refractivity contribution is 7.87. The van der Waals surface area contributed by atoms with E-state index in [-0.39, 0.29) is 0 Å². The average Bonchev–Trinajstić information content (AvgIpc) is 3.30. The summed E-state index contributed by atoms with van der Waals surface area (Å²) in [5, 5.41) is 11.9. The Labute approximate surface area is 440 Å². The summed E-state index contributed by atoms with van der Waals surface area (Å²) in [5.41, 5.74) is 38.2. The fourth-order valence-electron chi connectivity index (χ4n) is 14.7. The first-order chi connectivity index (χ1) is 32.6. The molecule has 70 heavy (non-hydrogen) atoms. The van der Waals surface area contributed by atoms with Crippen molar-refractivity contribution in [2.75, 3.05) is 0 Å². The molecule has 0 atom stereocenters. The SMILES string of the molecule is BBB(B)B(B(B)B)c1c(C)c(C)c(B(B)B(B)B)c2c(-c3c(C)c(C)c(C)c4c(C)c5c(-c6c(C)c(C)c(C)c7c(C)c(C)c(C)c(C)c67)c(C)c(C)c(C)c5c(C)c34)c(B(B)B)c(BB)c(B)c12. The van der Waals surface area contributed by atoms with Crippen LogP contribution in [0.5, 0.6) is 0 Å². The van der Waals surface area contributed by atoms with Crippen LogP contribution < -0.4 is 27.3 Å². The van der Waals surface area contributed by atoms with Crippen LogP contribution in [0.1, 0.15) is 94.6 Å². The third-order valence-corrected chi connectivity index (χ3v) is 20.1. The van der Waals surface area contributed by atoms with Crippen LogP contribution in [0.4, 0.5) is 0 Å². The van der Waals surface area contributed by atoms with Gasteiger partial charge >= 0.3 is 0 Å². The zero-order chi connectivity index (χ0) is 52.5. The van der Waals surface area contributed by atoms with Crippen LogP contribution in [0.2, 0.25) is 0 Å². The molecule has 0 radical (unpaired) electrons. The van der Waals surface area contributed by atoms with Gasteiger partial charge in [-0.05, 0) is 266 Å². The maximum Gasteiger partial charge on any atom is 0.139 e. The topological polar surface area (TPSA) is 0 Å². The highest BCUT2D eigenvalue weighted by Gasteiger charge is 2.37. The van der Waals surface area contributed by atoms with Gasteiger partial charge in [-0.15, -0.1) is 5.46 Å². The quantitative estimate of drug-likeness (QED) is 0.102. The predicted molar refractivity (Wildman–Crippen MR) is 369 cm³/mol. The zero-order valence-corrected chi connectivity index (χ0v) is 49.9. The smallest absolute Gasteiger partial charge is 0.105 e. The fraction of sp³-hybridized carbons (Fsp3) is 0.333. The lowest BCUT2D eigenvalue weighted by Gasteiger charge is -2.36. The van der Waals surface area contributed by atoms with Gasteiger partial charge < -0.3 is 0 Å². The molecule has 0 N–H and O–H groups in total. The monoisotopic (exact) mass is 897 g/mol. The van der Waals surface area contributed by atoms with Crippen LogP contribution in [-0.2, 0) is 0 Å². The molecule has 0 heterocycles. The third-order valence-electron chi connectivity index (χ3n) is 20.1. The number of hydrogen-bond acceptors (Lipinski definition) is 0. The van der Waals surface area contributed by atoms with E-state index in [1.807, 2.05) is 0 Å². The Kier molecular flexibility index (Phi) is 15.3. The van der Waals surface area contributed by atoms with E-state index >= 15 is 0 Å². The number of rotatable bonds is 10. The normalized spacial score (nSPS) is 11.6. The van der Waals surface area contributed by atoms with Gasteiger partial charge in [0.15, 0.2) is 0 Å². The summed E-state index contributed by atoms with van der Waals surface area (Å²) in [6.07, 6.45) is 1.58. The van der Waals surface area contributed by atoms with E-state index in [9.17, 15) is 0 Å². The molecule has 0 saturated carbocycles. The second-order valence-corrected chi connectivity index (χ2v) is 24.2. The molecule has 0 unspecified atom stereocenters. The van der Waals surface area contributed by atoms with E-state index < -0.39 is 0 Å². The predicted octanol–water partition coefficient (Wildman–Crippen LogP) is -2.91. The second kappa shape index (κ2) is 19.6. The van der Waals surface area contributed by atoms with E-state index in [1.165, 1.54) is 162 Å². The van der Waals surface area contributed by atoms with Gasteiger partial charge in [0, 0.05) is 26.2 Å². The van der Waals surface area contributed by atoms with Crippen LogP contribution in [0.25, 0.3) is 65.3 Å². The first kappa shape index (κ1) is 54.6. The molecule has 336 valence electrons. The summed E-state index contributed by atoms with van der Waals surface area (Å²) in [4.78, 5) is 0. The minimum Gasteiger partial charge on any atom is -0.105 e. The van der Waals surface area contributed by atoms with E-state index in [0.717, 1.165) is 7.17 Å². The summed E-state index contributed by atoms with van der Waals surface area (Å²) < 4.78 is 0. The van der Waals surface area contributed by atoms with E-state index in [0.29, 0.717) is 38.6 Å². The number of fused-ring (bicyclic) bond motifs is 4. The van der Waals surface area contributed by atoms with Gasteiger partial charge in [-0.25, -0.2) is 0 Å². The van der Waals surface area contributed by atoms with Crippen molar-refractivity contribution < 1.29 is 0 Å². The van der Waals surface area contributed by atoms with Crippen molar-refractivity contribution in [2.45, 2.75) is 118 Å². The minimum absolute atomic E-state index is 0.340. The summed E-state index contributed by atoms with van der Waals surface area (Å²) in [7, 11) is 29.5. The molecule has 7 aromatic rings. The maximum absolute atomic E-state index is 2.54. The summed E-state index contributed by atoms with van der Waals surface area (Å²) in [6, 6.07) is 0. The van der Waals surface area contributed by atoms with E-state index in [2.05, 4.69) is 203 Å². The lowest BCUT2D eigenvalue weighted by Crippen LogP contribution is -2.64. The molecule has 0 aliphatic rings. The molecule has 0 spiro atoms. The van der Waals surface area contributed by atoms with Crippen molar-refractivity contribution in [3.63, 3.8) is 0 Å². The Morgan fingerprint density at radius 3 is 1.01 bits per heavy atom. The molecule has 0 nitrogen and oxygen atoms in total. The van der Waals surface area contributed by atoms with E-state index in [4.69, 9.17) is 0 Å². The number of hydrogen-bond donors (Lipinski definition) is 0. The molecule has 19 heteroatoms. The summed E-state index contributed by atoms with van der Waals surface area (Å²) >= 11 is 0. The van der Waals surface area contributed by atoms with Gasteiger partial charge in [0.2, 0.25) is 0 Å². The highest BCUT2D eigenvalue weighted by atomic mass is 14.3. The zero-order valence-electron chi connectivity index (χ0n) is 49.9. The Morgan fingerprint density at radius 2 is 0.657 bits per heavy atom. The molecule has 0 bridgehead atoms. The van der Waals surface area contributed by atoms with Gasteiger partial charge in [-0.1, -0.05) is 33.0 Å². The lowest BCUT2D eigenvalue weighted by atomic mass is 8.68. The number of benzene rings is 7. The highest BCUT2D eigenvalue weighted by Crippen LogP contribution is 2.51. The lowest BCUT2D eigenvalue weighted by molar-refractivity contribution is 1.22. The van der Waals surface area contributed by atoms with Crippen molar-refractivity contribution in [1.29, 1.82) is 0 Å².